The lowest BCUT2D eigenvalue weighted by Crippen LogP contribution is -1.97. The van der Waals surface area contributed by atoms with Crippen molar-refractivity contribution in [3.05, 3.63) is 70.5 Å². The fourth-order valence-corrected chi connectivity index (χ4v) is 2.97. The summed E-state index contributed by atoms with van der Waals surface area (Å²) in [5, 5.41) is 0. The molecule has 0 aliphatic heterocycles. The first kappa shape index (κ1) is 14.3. The topological polar surface area (TPSA) is 0 Å². The molecule has 0 saturated carbocycles. The molecule has 2 aromatic carbocycles. The van der Waals surface area contributed by atoms with Crippen LogP contribution >= 0.6 is 15.9 Å². The van der Waals surface area contributed by atoms with E-state index >= 15 is 0 Å². The van der Waals surface area contributed by atoms with Crippen molar-refractivity contribution in [1.82, 2.24) is 0 Å². The first-order chi connectivity index (χ1) is 8.99. The van der Waals surface area contributed by atoms with E-state index in [-0.39, 0.29) is 10.6 Å². The molecule has 0 aliphatic rings. The number of hydrogen-bond acceptors (Lipinski definition) is 0. The van der Waals surface area contributed by atoms with Crippen LogP contribution in [0.25, 0.3) is 0 Å². The van der Waals surface area contributed by atoms with Crippen LogP contribution in [0.15, 0.2) is 42.5 Å². The minimum atomic E-state index is -0.184. The summed E-state index contributed by atoms with van der Waals surface area (Å²) in [4.78, 5) is 0.106. The second kappa shape index (κ2) is 5.87. The van der Waals surface area contributed by atoms with Crippen LogP contribution in [0, 0.1) is 12.7 Å². The van der Waals surface area contributed by atoms with Gasteiger partial charge in [-0.1, -0.05) is 60.1 Å². The molecule has 0 fully saturated rings. The molecule has 2 heteroatoms. The van der Waals surface area contributed by atoms with E-state index in [2.05, 4.69) is 54.0 Å². The Morgan fingerprint density at radius 3 is 2.05 bits per heavy atom. The average molecular weight is 321 g/mol. The zero-order valence-electron chi connectivity index (χ0n) is 11.5. The number of aryl methyl sites for hydroxylation is 1. The lowest BCUT2D eigenvalue weighted by atomic mass is 9.97. The van der Waals surface area contributed by atoms with Crippen molar-refractivity contribution in [2.24, 2.45) is 0 Å². The summed E-state index contributed by atoms with van der Waals surface area (Å²) < 4.78 is 13.1. The van der Waals surface area contributed by atoms with Gasteiger partial charge in [0.1, 0.15) is 5.82 Å². The molecule has 0 aliphatic carbocycles. The van der Waals surface area contributed by atoms with Gasteiger partial charge in [-0.2, -0.15) is 0 Å². The van der Waals surface area contributed by atoms with Crippen LogP contribution in [0.4, 0.5) is 4.39 Å². The number of benzene rings is 2. The molecular weight excluding hydrogens is 303 g/mol. The first-order valence-corrected chi connectivity index (χ1v) is 7.40. The van der Waals surface area contributed by atoms with Crippen molar-refractivity contribution in [3.8, 4) is 0 Å². The molecule has 1 atom stereocenters. The molecule has 0 bridgehead atoms. The van der Waals surface area contributed by atoms with Gasteiger partial charge in [0.2, 0.25) is 0 Å². The number of halogens is 2. The van der Waals surface area contributed by atoms with E-state index in [0.29, 0.717) is 5.92 Å². The third-order valence-electron chi connectivity index (χ3n) is 3.40. The molecule has 0 spiro atoms. The number of rotatable bonds is 3. The monoisotopic (exact) mass is 320 g/mol. The third-order valence-corrected chi connectivity index (χ3v) is 4.42. The van der Waals surface area contributed by atoms with Crippen LogP contribution in [0.1, 0.15) is 46.8 Å². The maximum Gasteiger partial charge on any atom is 0.123 e. The maximum atomic E-state index is 13.1. The van der Waals surface area contributed by atoms with Crippen LogP contribution in [0.2, 0.25) is 0 Å². The molecule has 2 aromatic rings. The molecule has 0 N–H and O–H groups in total. The zero-order valence-corrected chi connectivity index (χ0v) is 13.0. The normalized spacial score (nSPS) is 12.7. The summed E-state index contributed by atoms with van der Waals surface area (Å²) in [7, 11) is 0. The summed E-state index contributed by atoms with van der Waals surface area (Å²) in [5.74, 6) is 0.353. The van der Waals surface area contributed by atoms with E-state index in [1.54, 1.807) is 6.07 Å². The molecule has 0 nitrogen and oxygen atoms in total. The minimum absolute atomic E-state index is 0.106. The minimum Gasteiger partial charge on any atom is -0.207 e. The van der Waals surface area contributed by atoms with Crippen molar-refractivity contribution in [2.75, 3.05) is 0 Å². The Labute approximate surface area is 122 Å². The Balaban J connectivity index is 2.30. The molecule has 1 unspecified atom stereocenters. The fourth-order valence-electron chi connectivity index (χ4n) is 2.15. The van der Waals surface area contributed by atoms with Crippen LogP contribution < -0.4 is 0 Å². The number of alkyl halides is 1. The first-order valence-electron chi connectivity index (χ1n) is 6.49. The summed E-state index contributed by atoms with van der Waals surface area (Å²) in [5.41, 5.74) is 4.60. The maximum absolute atomic E-state index is 13.1. The van der Waals surface area contributed by atoms with Gasteiger partial charge in [-0.15, -0.1) is 0 Å². The smallest absolute Gasteiger partial charge is 0.123 e. The van der Waals surface area contributed by atoms with E-state index in [4.69, 9.17) is 0 Å². The largest absolute Gasteiger partial charge is 0.207 e. The van der Waals surface area contributed by atoms with Crippen molar-refractivity contribution >= 4 is 15.9 Å². The Morgan fingerprint density at radius 2 is 1.53 bits per heavy atom. The van der Waals surface area contributed by atoms with Crippen molar-refractivity contribution in [2.45, 2.75) is 31.5 Å². The van der Waals surface area contributed by atoms with E-state index in [9.17, 15) is 4.39 Å². The molecule has 0 saturated heterocycles. The van der Waals surface area contributed by atoms with Gasteiger partial charge >= 0.3 is 0 Å². The van der Waals surface area contributed by atoms with Gasteiger partial charge in [0.15, 0.2) is 0 Å². The van der Waals surface area contributed by atoms with Gasteiger partial charge in [-0.05, 0) is 47.2 Å². The molecule has 0 heterocycles. The van der Waals surface area contributed by atoms with Gasteiger partial charge in [0.25, 0.3) is 0 Å². The van der Waals surface area contributed by atoms with Crippen molar-refractivity contribution in [3.63, 3.8) is 0 Å². The van der Waals surface area contributed by atoms with Crippen molar-refractivity contribution < 1.29 is 4.39 Å². The Hall–Kier alpha value is -1.15. The van der Waals surface area contributed by atoms with Crippen LogP contribution in [0.3, 0.4) is 0 Å². The SMILES string of the molecule is Cc1cc(F)ccc1C(Br)c1ccc(C(C)C)cc1. The highest BCUT2D eigenvalue weighted by Crippen LogP contribution is 2.33. The van der Waals surface area contributed by atoms with Gasteiger partial charge in [0, 0.05) is 0 Å². The number of hydrogen-bond donors (Lipinski definition) is 0. The van der Waals surface area contributed by atoms with Crippen LogP contribution in [0.5, 0.6) is 0 Å². The highest BCUT2D eigenvalue weighted by molar-refractivity contribution is 9.09. The molecule has 2 rings (SSSR count). The second-order valence-corrected chi connectivity index (χ2v) is 6.10. The van der Waals surface area contributed by atoms with E-state index in [0.717, 1.165) is 11.1 Å². The molecule has 0 radical (unpaired) electrons. The van der Waals surface area contributed by atoms with Gasteiger partial charge < -0.3 is 0 Å². The highest BCUT2D eigenvalue weighted by atomic mass is 79.9. The molecule has 0 amide bonds. The highest BCUT2D eigenvalue weighted by Gasteiger charge is 2.13. The Bertz CT molecular complexity index is 558. The standard InChI is InChI=1S/C17H18BrF/c1-11(2)13-4-6-14(7-5-13)17(18)16-9-8-15(19)10-12(16)3/h4-11,17H,1-3H3. The summed E-state index contributed by atoms with van der Waals surface area (Å²) in [6.45, 7) is 6.31. The summed E-state index contributed by atoms with van der Waals surface area (Å²) >= 11 is 3.71. The Kier molecular flexibility index (Phi) is 4.41. The van der Waals surface area contributed by atoms with E-state index in [1.807, 2.05) is 13.0 Å². The predicted molar refractivity (Wildman–Crippen MR) is 82.4 cm³/mol. The van der Waals surface area contributed by atoms with E-state index in [1.165, 1.54) is 17.2 Å². The van der Waals surface area contributed by atoms with Gasteiger partial charge in [-0.3, -0.25) is 0 Å². The lowest BCUT2D eigenvalue weighted by molar-refractivity contribution is 0.626. The molecular formula is C17H18BrF. The Morgan fingerprint density at radius 1 is 0.947 bits per heavy atom. The predicted octanol–water partition coefficient (Wildman–Crippen LogP) is 5.74. The summed E-state index contributed by atoms with van der Waals surface area (Å²) in [6, 6.07) is 13.5. The summed E-state index contributed by atoms with van der Waals surface area (Å²) in [6.07, 6.45) is 0. The zero-order chi connectivity index (χ0) is 14.0. The fraction of sp³-hybridized carbons (Fsp3) is 0.294. The molecule has 19 heavy (non-hydrogen) atoms. The van der Waals surface area contributed by atoms with Gasteiger partial charge in [0.05, 0.1) is 4.83 Å². The average Bonchev–Trinajstić information content (AvgIpc) is 2.38. The van der Waals surface area contributed by atoms with Crippen LogP contribution in [-0.2, 0) is 0 Å². The quantitative estimate of drug-likeness (QED) is 0.632. The van der Waals surface area contributed by atoms with Crippen LogP contribution in [-0.4, -0.2) is 0 Å². The lowest BCUT2D eigenvalue weighted by Gasteiger charge is -2.15. The molecule has 100 valence electrons. The third kappa shape index (κ3) is 3.24. The van der Waals surface area contributed by atoms with Gasteiger partial charge in [-0.25, -0.2) is 4.39 Å². The molecule has 0 aromatic heterocycles. The van der Waals surface area contributed by atoms with Crippen molar-refractivity contribution in [1.29, 1.82) is 0 Å². The second-order valence-electron chi connectivity index (χ2n) is 5.18. The van der Waals surface area contributed by atoms with E-state index < -0.39 is 0 Å².